The van der Waals surface area contributed by atoms with E-state index in [1.54, 1.807) is 14.2 Å². The van der Waals surface area contributed by atoms with Crippen LogP contribution in [0.4, 0.5) is 0 Å². The Morgan fingerprint density at radius 1 is 1.26 bits per heavy atom. The van der Waals surface area contributed by atoms with E-state index in [0.717, 1.165) is 63.7 Å². The van der Waals surface area contributed by atoms with Crippen LogP contribution in [-0.4, -0.2) is 71.0 Å². The molecule has 1 fully saturated rings. The molecule has 0 saturated carbocycles. The number of hydrogen-bond acceptors (Lipinski definition) is 5. The summed E-state index contributed by atoms with van der Waals surface area (Å²) < 4.78 is 16.0. The van der Waals surface area contributed by atoms with Crippen molar-refractivity contribution >= 4 is 5.96 Å². The molecule has 7 nitrogen and oxygen atoms in total. The minimum Gasteiger partial charge on any atom is -0.493 e. The SMILES string of the molecule is COc1ccc(CC(C)CN=C(N)NCCCN2CCOCC2)cc1OC. The molecule has 1 atom stereocenters. The van der Waals surface area contributed by atoms with Gasteiger partial charge in [0.1, 0.15) is 0 Å². The Hall–Kier alpha value is -1.99. The molecule has 0 spiro atoms. The Bertz CT molecular complexity index is 589. The lowest BCUT2D eigenvalue weighted by Gasteiger charge is -2.26. The number of rotatable bonds is 10. The van der Waals surface area contributed by atoms with Gasteiger partial charge in [-0.05, 0) is 43.0 Å². The third-order valence-electron chi connectivity index (χ3n) is 4.67. The van der Waals surface area contributed by atoms with Crippen molar-refractivity contribution in [1.82, 2.24) is 10.2 Å². The minimum absolute atomic E-state index is 0.386. The van der Waals surface area contributed by atoms with E-state index in [9.17, 15) is 0 Å². The van der Waals surface area contributed by atoms with Crippen LogP contribution < -0.4 is 20.5 Å². The molecular weight excluding hydrogens is 344 g/mol. The van der Waals surface area contributed by atoms with Gasteiger partial charge in [-0.25, -0.2) is 0 Å². The number of guanidine groups is 1. The summed E-state index contributed by atoms with van der Waals surface area (Å²) >= 11 is 0. The van der Waals surface area contributed by atoms with Crippen LogP contribution in [0.25, 0.3) is 0 Å². The highest BCUT2D eigenvalue weighted by Crippen LogP contribution is 2.28. The standard InChI is InChI=1S/C20H34N4O3/c1-16(13-17-5-6-18(25-2)19(14-17)26-3)15-23-20(21)22-7-4-8-24-9-11-27-12-10-24/h5-6,14,16H,4,7-13,15H2,1-3H3,(H3,21,22,23). The van der Waals surface area contributed by atoms with Gasteiger partial charge in [-0.2, -0.15) is 0 Å². The van der Waals surface area contributed by atoms with Crippen LogP contribution in [0.15, 0.2) is 23.2 Å². The second-order valence-corrected chi connectivity index (χ2v) is 6.96. The van der Waals surface area contributed by atoms with Crippen molar-refractivity contribution in [1.29, 1.82) is 0 Å². The maximum Gasteiger partial charge on any atom is 0.188 e. The molecule has 1 saturated heterocycles. The smallest absolute Gasteiger partial charge is 0.188 e. The van der Waals surface area contributed by atoms with Crippen molar-refractivity contribution in [2.45, 2.75) is 19.8 Å². The zero-order valence-corrected chi connectivity index (χ0v) is 16.9. The Kier molecular flexibility index (Phi) is 9.21. The molecule has 1 aromatic rings. The van der Waals surface area contributed by atoms with E-state index < -0.39 is 0 Å². The van der Waals surface area contributed by atoms with E-state index in [0.29, 0.717) is 18.4 Å². The molecule has 2 rings (SSSR count). The topological polar surface area (TPSA) is 81.3 Å². The molecule has 1 heterocycles. The molecule has 27 heavy (non-hydrogen) atoms. The fraction of sp³-hybridized carbons (Fsp3) is 0.650. The summed E-state index contributed by atoms with van der Waals surface area (Å²) in [5.41, 5.74) is 7.19. The van der Waals surface area contributed by atoms with Crippen molar-refractivity contribution in [2.75, 3.05) is 60.2 Å². The van der Waals surface area contributed by atoms with E-state index in [1.165, 1.54) is 5.56 Å². The number of hydrogen-bond donors (Lipinski definition) is 2. The van der Waals surface area contributed by atoms with E-state index in [1.807, 2.05) is 12.1 Å². The molecule has 0 radical (unpaired) electrons. The quantitative estimate of drug-likeness (QED) is 0.365. The van der Waals surface area contributed by atoms with Crippen LogP contribution in [0.1, 0.15) is 18.9 Å². The zero-order chi connectivity index (χ0) is 19.5. The highest BCUT2D eigenvalue weighted by molar-refractivity contribution is 5.77. The maximum absolute atomic E-state index is 5.99. The number of ether oxygens (including phenoxy) is 3. The first-order valence-corrected chi connectivity index (χ1v) is 9.67. The number of nitrogens with one attached hydrogen (secondary N) is 1. The second-order valence-electron chi connectivity index (χ2n) is 6.96. The van der Waals surface area contributed by atoms with Crippen LogP contribution >= 0.6 is 0 Å². The third kappa shape index (κ3) is 7.64. The largest absolute Gasteiger partial charge is 0.493 e. The van der Waals surface area contributed by atoms with Crippen LogP contribution in [0.2, 0.25) is 0 Å². The number of aliphatic imine (C=N–C) groups is 1. The summed E-state index contributed by atoms with van der Waals surface area (Å²) in [6.45, 7) is 8.51. The first kappa shape index (κ1) is 21.3. The number of nitrogens with two attached hydrogens (primary N) is 1. The van der Waals surface area contributed by atoms with Gasteiger partial charge < -0.3 is 25.3 Å². The van der Waals surface area contributed by atoms with Crippen LogP contribution in [0.5, 0.6) is 11.5 Å². The van der Waals surface area contributed by atoms with Gasteiger partial charge in [-0.1, -0.05) is 13.0 Å². The fourth-order valence-corrected chi connectivity index (χ4v) is 3.13. The first-order valence-electron chi connectivity index (χ1n) is 9.67. The molecule has 0 bridgehead atoms. The molecule has 0 aliphatic carbocycles. The average Bonchev–Trinajstić information content (AvgIpc) is 2.70. The zero-order valence-electron chi connectivity index (χ0n) is 16.9. The van der Waals surface area contributed by atoms with E-state index in [4.69, 9.17) is 19.9 Å². The molecule has 7 heteroatoms. The minimum atomic E-state index is 0.386. The summed E-state index contributed by atoms with van der Waals surface area (Å²) in [6, 6.07) is 6.02. The second kappa shape index (κ2) is 11.7. The van der Waals surface area contributed by atoms with Crippen molar-refractivity contribution in [3.63, 3.8) is 0 Å². The highest BCUT2D eigenvalue weighted by atomic mass is 16.5. The van der Waals surface area contributed by atoms with Gasteiger partial charge in [0.25, 0.3) is 0 Å². The molecule has 1 aromatic carbocycles. The molecule has 152 valence electrons. The van der Waals surface area contributed by atoms with Gasteiger partial charge in [0.05, 0.1) is 27.4 Å². The Morgan fingerprint density at radius 3 is 2.70 bits per heavy atom. The van der Waals surface area contributed by atoms with Crippen molar-refractivity contribution in [2.24, 2.45) is 16.6 Å². The van der Waals surface area contributed by atoms with Gasteiger partial charge in [-0.3, -0.25) is 9.89 Å². The molecule has 1 unspecified atom stereocenters. The molecule has 3 N–H and O–H groups in total. The van der Waals surface area contributed by atoms with Crippen LogP contribution in [0.3, 0.4) is 0 Å². The van der Waals surface area contributed by atoms with Gasteiger partial charge in [0.15, 0.2) is 17.5 Å². The summed E-state index contributed by atoms with van der Waals surface area (Å²) in [7, 11) is 3.30. The Morgan fingerprint density at radius 2 is 2.00 bits per heavy atom. The highest BCUT2D eigenvalue weighted by Gasteiger charge is 2.10. The maximum atomic E-state index is 5.99. The molecular formula is C20H34N4O3. The lowest BCUT2D eigenvalue weighted by Crippen LogP contribution is -2.39. The predicted molar refractivity (Wildman–Crippen MR) is 109 cm³/mol. The number of morpholine rings is 1. The van der Waals surface area contributed by atoms with Crippen molar-refractivity contribution in [3.05, 3.63) is 23.8 Å². The van der Waals surface area contributed by atoms with Gasteiger partial charge in [0, 0.05) is 26.2 Å². The van der Waals surface area contributed by atoms with Crippen molar-refractivity contribution < 1.29 is 14.2 Å². The lowest BCUT2D eigenvalue weighted by molar-refractivity contribution is 0.0376. The Labute approximate surface area is 162 Å². The number of nitrogens with zero attached hydrogens (tertiary/aromatic N) is 2. The van der Waals surface area contributed by atoms with E-state index >= 15 is 0 Å². The number of methoxy groups -OCH3 is 2. The van der Waals surface area contributed by atoms with Gasteiger partial charge >= 0.3 is 0 Å². The predicted octanol–water partition coefficient (Wildman–Crippen LogP) is 1.51. The summed E-state index contributed by atoms with van der Waals surface area (Å²) in [4.78, 5) is 6.90. The Balaban J connectivity index is 1.67. The number of benzene rings is 1. The summed E-state index contributed by atoms with van der Waals surface area (Å²) in [6.07, 6.45) is 1.96. The third-order valence-corrected chi connectivity index (χ3v) is 4.67. The molecule has 0 amide bonds. The normalized spacial score (nSPS) is 16.8. The summed E-state index contributed by atoms with van der Waals surface area (Å²) in [5, 5.41) is 3.21. The lowest BCUT2D eigenvalue weighted by atomic mass is 10.0. The average molecular weight is 379 g/mol. The van der Waals surface area contributed by atoms with Crippen LogP contribution in [-0.2, 0) is 11.2 Å². The van der Waals surface area contributed by atoms with Crippen molar-refractivity contribution in [3.8, 4) is 11.5 Å². The van der Waals surface area contributed by atoms with E-state index in [2.05, 4.69) is 28.2 Å². The first-order chi connectivity index (χ1) is 13.1. The monoisotopic (exact) mass is 378 g/mol. The van der Waals surface area contributed by atoms with E-state index in [-0.39, 0.29) is 0 Å². The van der Waals surface area contributed by atoms with Gasteiger partial charge in [-0.15, -0.1) is 0 Å². The molecule has 0 aromatic heterocycles. The van der Waals surface area contributed by atoms with Crippen LogP contribution in [0, 0.1) is 5.92 Å². The molecule has 1 aliphatic rings. The van der Waals surface area contributed by atoms with Gasteiger partial charge in [0.2, 0.25) is 0 Å². The molecule has 1 aliphatic heterocycles. The fourth-order valence-electron chi connectivity index (χ4n) is 3.13. The summed E-state index contributed by atoms with van der Waals surface area (Å²) in [5.74, 6) is 2.41.